The van der Waals surface area contributed by atoms with E-state index in [2.05, 4.69) is 32.9 Å². The van der Waals surface area contributed by atoms with E-state index < -0.39 is 0 Å². The van der Waals surface area contributed by atoms with Gasteiger partial charge >= 0.3 is 0 Å². The molecule has 0 atom stereocenters. The summed E-state index contributed by atoms with van der Waals surface area (Å²) >= 11 is 3.38. The van der Waals surface area contributed by atoms with Crippen LogP contribution in [0.15, 0.2) is 16.7 Å². The van der Waals surface area contributed by atoms with E-state index in [4.69, 9.17) is 0 Å². The van der Waals surface area contributed by atoms with Gasteiger partial charge in [-0.25, -0.2) is 4.98 Å². The van der Waals surface area contributed by atoms with Crippen LogP contribution in [0, 0.1) is 0 Å². The van der Waals surface area contributed by atoms with Crippen molar-refractivity contribution in [2.24, 2.45) is 0 Å². The molecule has 1 aliphatic carbocycles. The molecule has 3 nitrogen and oxygen atoms in total. The Morgan fingerprint density at radius 2 is 2.19 bits per heavy atom. The van der Waals surface area contributed by atoms with Gasteiger partial charge in [0.15, 0.2) is 0 Å². The summed E-state index contributed by atoms with van der Waals surface area (Å²) in [6, 6.07) is 2.52. The summed E-state index contributed by atoms with van der Waals surface area (Å²) in [4.78, 5) is 6.63. The summed E-state index contributed by atoms with van der Waals surface area (Å²) in [5.41, 5.74) is 0.892. The van der Waals surface area contributed by atoms with E-state index in [1.54, 1.807) is 6.20 Å². The second-order valence-corrected chi connectivity index (χ2v) is 5.26. The summed E-state index contributed by atoms with van der Waals surface area (Å²) in [5.74, 6) is 0.914. The highest BCUT2D eigenvalue weighted by Gasteiger charge is 2.22. The first kappa shape index (κ1) is 11.9. The molecule has 4 heteroatoms. The van der Waals surface area contributed by atoms with E-state index in [0.717, 1.165) is 15.9 Å². The van der Waals surface area contributed by atoms with E-state index in [1.165, 1.54) is 25.7 Å². The Morgan fingerprint density at radius 3 is 2.81 bits per heavy atom. The monoisotopic (exact) mass is 284 g/mol. The zero-order valence-corrected chi connectivity index (χ0v) is 11.1. The summed E-state index contributed by atoms with van der Waals surface area (Å²) in [7, 11) is 2.07. The van der Waals surface area contributed by atoms with Gasteiger partial charge in [0.1, 0.15) is 5.82 Å². The predicted molar refractivity (Wildman–Crippen MR) is 68.5 cm³/mol. The van der Waals surface area contributed by atoms with Crippen LogP contribution in [0.25, 0.3) is 0 Å². The third kappa shape index (κ3) is 2.38. The first-order valence-electron chi connectivity index (χ1n) is 5.70. The molecule has 0 amide bonds. The molecular weight excluding hydrogens is 268 g/mol. The summed E-state index contributed by atoms with van der Waals surface area (Å²) < 4.78 is 0.917. The van der Waals surface area contributed by atoms with Crippen molar-refractivity contribution in [2.45, 2.75) is 38.3 Å². The van der Waals surface area contributed by atoms with Crippen molar-refractivity contribution in [3.8, 4) is 0 Å². The maximum Gasteiger partial charge on any atom is 0.134 e. The highest BCUT2D eigenvalue weighted by molar-refractivity contribution is 9.10. The molecule has 88 valence electrons. The Morgan fingerprint density at radius 1 is 1.50 bits per heavy atom. The average molecular weight is 285 g/mol. The fourth-order valence-corrected chi connectivity index (χ4v) is 2.75. The summed E-state index contributed by atoms with van der Waals surface area (Å²) in [6.45, 7) is 0.0405. The van der Waals surface area contributed by atoms with Gasteiger partial charge in [-0.2, -0.15) is 0 Å². The standard InChI is InChI=1S/C12H17BrN2O/c1-15(11-4-2-3-5-11)12-9(8-16)6-10(13)7-14-12/h6-7,11,16H,2-5,8H2,1H3. The quantitative estimate of drug-likeness (QED) is 0.927. The molecule has 0 aromatic carbocycles. The van der Waals surface area contributed by atoms with Gasteiger partial charge in [0, 0.05) is 29.3 Å². The predicted octanol–water partition coefficient (Wildman–Crippen LogP) is 2.72. The Balaban J connectivity index is 2.24. The van der Waals surface area contributed by atoms with Crippen molar-refractivity contribution < 1.29 is 5.11 Å². The summed E-state index contributed by atoms with van der Waals surface area (Å²) in [6.07, 6.45) is 6.87. The minimum atomic E-state index is 0.0405. The van der Waals surface area contributed by atoms with Crippen molar-refractivity contribution >= 4 is 21.7 Å². The highest BCUT2D eigenvalue weighted by atomic mass is 79.9. The smallest absolute Gasteiger partial charge is 0.134 e. The van der Waals surface area contributed by atoms with Crippen LogP contribution >= 0.6 is 15.9 Å². The number of halogens is 1. The number of hydrogen-bond acceptors (Lipinski definition) is 3. The molecule has 1 aromatic rings. The van der Waals surface area contributed by atoms with Gasteiger partial charge in [0.05, 0.1) is 6.61 Å². The Bertz CT molecular complexity index is 364. The normalized spacial score (nSPS) is 16.7. The number of nitrogens with zero attached hydrogens (tertiary/aromatic N) is 2. The van der Waals surface area contributed by atoms with Gasteiger partial charge < -0.3 is 10.0 Å². The molecule has 1 fully saturated rings. The second kappa shape index (κ2) is 5.15. The number of rotatable bonds is 3. The second-order valence-electron chi connectivity index (χ2n) is 4.34. The molecule has 0 saturated heterocycles. The SMILES string of the molecule is CN(c1ncc(Br)cc1CO)C1CCCC1. The van der Waals surface area contributed by atoms with E-state index in [1.807, 2.05) is 6.07 Å². The molecule has 1 saturated carbocycles. The Hall–Kier alpha value is -0.610. The highest BCUT2D eigenvalue weighted by Crippen LogP contribution is 2.28. The first-order valence-corrected chi connectivity index (χ1v) is 6.50. The minimum Gasteiger partial charge on any atom is -0.392 e. The van der Waals surface area contributed by atoms with E-state index in [0.29, 0.717) is 6.04 Å². The van der Waals surface area contributed by atoms with Gasteiger partial charge in [-0.15, -0.1) is 0 Å². The van der Waals surface area contributed by atoms with Crippen molar-refractivity contribution in [3.63, 3.8) is 0 Å². The third-order valence-electron chi connectivity index (χ3n) is 3.29. The number of aromatic nitrogens is 1. The molecule has 2 rings (SSSR count). The maximum atomic E-state index is 9.35. The van der Waals surface area contributed by atoms with Gasteiger partial charge in [-0.3, -0.25) is 0 Å². The Labute approximate surface area is 105 Å². The number of pyridine rings is 1. The molecule has 0 radical (unpaired) electrons. The number of aliphatic hydroxyl groups excluding tert-OH is 1. The van der Waals surface area contributed by atoms with Crippen LogP contribution in [0.5, 0.6) is 0 Å². The number of anilines is 1. The van der Waals surface area contributed by atoms with Crippen molar-refractivity contribution in [3.05, 3.63) is 22.3 Å². The molecule has 1 aliphatic rings. The van der Waals surface area contributed by atoms with Crippen LogP contribution in [0.4, 0.5) is 5.82 Å². The van der Waals surface area contributed by atoms with Crippen LogP contribution in [-0.2, 0) is 6.61 Å². The van der Waals surface area contributed by atoms with Crippen LogP contribution in [0.2, 0.25) is 0 Å². The van der Waals surface area contributed by atoms with Crippen LogP contribution in [0.1, 0.15) is 31.2 Å². The van der Waals surface area contributed by atoms with E-state index in [-0.39, 0.29) is 6.61 Å². The lowest BCUT2D eigenvalue weighted by Crippen LogP contribution is -2.30. The van der Waals surface area contributed by atoms with Crippen molar-refractivity contribution in [2.75, 3.05) is 11.9 Å². The molecule has 16 heavy (non-hydrogen) atoms. The maximum absolute atomic E-state index is 9.35. The molecular formula is C12H17BrN2O. The van der Waals surface area contributed by atoms with Gasteiger partial charge in [-0.05, 0) is 34.8 Å². The molecule has 0 aliphatic heterocycles. The minimum absolute atomic E-state index is 0.0405. The van der Waals surface area contributed by atoms with Crippen LogP contribution in [-0.4, -0.2) is 23.2 Å². The fraction of sp³-hybridized carbons (Fsp3) is 0.583. The van der Waals surface area contributed by atoms with Crippen LogP contribution in [0.3, 0.4) is 0 Å². The van der Waals surface area contributed by atoms with Gasteiger partial charge in [0.25, 0.3) is 0 Å². The number of aliphatic hydroxyl groups is 1. The van der Waals surface area contributed by atoms with Gasteiger partial charge in [0.2, 0.25) is 0 Å². The van der Waals surface area contributed by atoms with E-state index in [9.17, 15) is 5.11 Å². The zero-order chi connectivity index (χ0) is 11.5. The fourth-order valence-electron chi connectivity index (χ4n) is 2.37. The molecule has 0 spiro atoms. The third-order valence-corrected chi connectivity index (χ3v) is 3.72. The molecule has 0 bridgehead atoms. The lowest BCUT2D eigenvalue weighted by atomic mass is 10.2. The van der Waals surface area contributed by atoms with Crippen molar-refractivity contribution in [1.29, 1.82) is 0 Å². The van der Waals surface area contributed by atoms with Gasteiger partial charge in [-0.1, -0.05) is 12.8 Å². The largest absolute Gasteiger partial charge is 0.392 e. The number of hydrogen-bond donors (Lipinski definition) is 1. The van der Waals surface area contributed by atoms with E-state index >= 15 is 0 Å². The summed E-state index contributed by atoms with van der Waals surface area (Å²) in [5, 5.41) is 9.35. The molecule has 1 aromatic heterocycles. The first-order chi connectivity index (χ1) is 7.72. The zero-order valence-electron chi connectivity index (χ0n) is 9.49. The molecule has 1 N–H and O–H groups in total. The van der Waals surface area contributed by atoms with Crippen molar-refractivity contribution in [1.82, 2.24) is 4.98 Å². The lowest BCUT2D eigenvalue weighted by molar-refractivity contribution is 0.281. The average Bonchev–Trinajstić information content (AvgIpc) is 2.81. The lowest BCUT2D eigenvalue weighted by Gasteiger charge is -2.27. The molecule has 1 heterocycles. The van der Waals surface area contributed by atoms with Crippen LogP contribution < -0.4 is 4.90 Å². The molecule has 0 unspecified atom stereocenters. The Kier molecular flexibility index (Phi) is 3.82. The topological polar surface area (TPSA) is 36.4 Å².